The monoisotopic (exact) mass is 268 g/mol. The van der Waals surface area contributed by atoms with Crippen molar-refractivity contribution < 1.29 is 8.42 Å². The summed E-state index contributed by atoms with van der Waals surface area (Å²) < 4.78 is 25.1. The van der Waals surface area contributed by atoms with Crippen LogP contribution in [0.5, 0.6) is 0 Å². The van der Waals surface area contributed by atoms with Crippen LogP contribution in [-0.4, -0.2) is 25.0 Å². The summed E-state index contributed by atoms with van der Waals surface area (Å²) in [6, 6.07) is 0. The van der Waals surface area contributed by atoms with Gasteiger partial charge in [-0.05, 0) is 5.92 Å². The summed E-state index contributed by atoms with van der Waals surface area (Å²) in [6.07, 6.45) is 0. The first-order valence-corrected chi connectivity index (χ1v) is 7.53. The Bertz CT molecular complexity index is 414. The minimum absolute atomic E-state index is 0.0811. The Hall–Kier alpha value is -0.330. The molecule has 0 fully saturated rings. The van der Waals surface area contributed by atoms with Gasteiger partial charge in [0.05, 0.1) is 11.4 Å². The predicted octanol–water partition coefficient (Wildman–Crippen LogP) is 2.25. The number of sulfonamides is 1. The van der Waals surface area contributed by atoms with Crippen molar-refractivity contribution in [1.29, 1.82) is 0 Å². The molecule has 0 aliphatic carbocycles. The van der Waals surface area contributed by atoms with E-state index in [0.29, 0.717) is 11.0 Å². The highest BCUT2D eigenvalue weighted by Gasteiger charge is 2.12. The summed E-state index contributed by atoms with van der Waals surface area (Å²) in [7, 11) is -3.33. The van der Waals surface area contributed by atoms with Crippen molar-refractivity contribution in [3.05, 3.63) is 11.1 Å². The lowest BCUT2D eigenvalue weighted by molar-refractivity contribution is 0.602. The fourth-order valence-corrected chi connectivity index (χ4v) is 3.40. The fraction of sp³-hybridized carbons (Fsp3) is 0.625. The molecule has 15 heavy (non-hydrogen) atoms. The predicted molar refractivity (Wildman–Crippen MR) is 64.3 cm³/mol. The standard InChI is InChI=1S/C8H13ClN2O2S2/c1-6(2)7-5-14-8(10-7)11-15(12,13)4-3-9/h5-6H,3-4H2,1-2H3,(H,10,11). The van der Waals surface area contributed by atoms with E-state index in [0.717, 1.165) is 5.69 Å². The van der Waals surface area contributed by atoms with E-state index < -0.39 is 10.0 Å². The van der Waals surface area contributed by atoms with Crippen LogP contribution in [0.2, 0.25) is 0 Å². The first-order chi connectivity index (χ1) is 6.94. The van der Waals surface area contributed by atoms with E-state index in [-0.39, 0.29) is 11.6 Å². The van der Waals surface area contributed by atoms with Crippen LogP contribution in [0.1, 0.15) is 25.5 Å². The van der Waals surface area contributed by atoms with Gasteiger partial charge in [0.15, 0.2) is 5.13 Å². The van der Waals surface area contributed by atoms with E-state index in [1.54, 1.807) is 0 Å². The van der Waals surface area contributed by atoms with Gasteiger partial charge in [0.2, 0.25) is 10.0 Å². The topological polar surface area (TPSA) is 59.1 Å². The Morgan fingerprint density at radius 3 is 2.73 bits per heavy atom. The van der Waals surface area contributed by atoms with Crippen molar-refractivity contribution in [2.24, 2.45) is 0 Å². The number of hydrogen-bond acceptors (Lipinski definition) is 4. The zero-order valence-electron chi connectivity index (χ0n) is 8.53. The molecule has 0 saturated carbocycles. The van der Waals surface area contributed by atoms with E-state index in [1.807, 2.05) is 19.2 Å². The minimum atomic E-state index is -3.33. The third-order valence-corrected chi connectivity index (χ3v) is 4.27. The summed E-state index contributed by atoms with van der Waals surface area (Å²) >= 11 is 6.66. The molecule has 86 valence electrons. The smallest absolute Gasteiger partial charge is 0.235 e. The number of nitrogens with one attached hydrogen (secondary N) is 1. The van der Waals surface area contributed by atoms with Gasteiger partial charge in [0.1, 0.15) is 0 Å². The molecule has 1 aromatic heterocycles. The van der Waals surface area contributed by atoms with Gasteiger partial charge in [-0.3, -0.25) is 4.72 Å². The second-order valence-electron chi connectivity index (χ2n) is 3.34. The van der Waals surface area contributed by atoms with Gasteiger partial charge < -0.3 is 0 Å². The van der Waals surface area contributed by atoms with Gasteiger partial charge in [0.25, 0.3) is 0 Å². The average Bonchev–Trinajstić information content (AvgIpc) is 2.51. The lowest BCUT2D eigenvalue weighted by Crippen LogP contribution is -2.17. The molecule has 1 aromatic rings. The second kappa shape index (κ2) is 5.14. The lowest BCUT2D eigenvalue weighted by atomic mass is 10.2. The maximum absolute atomic E-state index is 11.4. The van der Waals surface area contributed by atoms with Crippen molar-refractivity contribution in [1.82, 2.24) is 4.98 Å². The third kappa shape index (κ3) is 3.96. The molecule has 0 saturated heterocycles. The number of aromatic nitrogens is 1. The zero-order chi connectivity index (χ0) is 11.5. The quantitative estimate of drug-likeness (QED) is 0.834. The molecule has 7 heteroatoms. The van der Waals surface area contributed by atoms with Gasteiger partial charge in [-0.1, -0.05) is 13.8 Å². The van der Waals surface area contributed by atoms with Crippen LogP contribution in [0.3, 0.4) is 0 Å². The van der Waals surface area contributed by atoms with Crippen molar-refractivity contribution in [3.63, 3.8) is 0 Å². The molecule has 1 N–H and O–H groups in total. The van der Waals surface area contributed by atoms with Crippen molar-refractivity contribution >= 4 is 38.1 Å². The molecule has 0 aromatic carbocycles. The maximum atomic E-state index is 11.4. The van der Waals surface area contributed by atoms with E-state index in [4.69, 9.17) is 11.6 Å². The Morgan fingerprint density at radius 1 is 1.60 bits per heavy atom. The molecule has 0 amide bonds. The summed E-state index contributed by atoms with van der Waals surface area (Å²) in [5.41, 5.74) is 0.892. The van der Waals surface area contributed by atoms with Crippen molar-refractivity contribution in [2.75, 3.05) is 16.4 Å². The largest absolute Gasteiger partial charge is 0.259 e. The summed E-state index contributed by atoms with van der Waals surface area (Å²) in [5.74, 6) is 0.288. The molecule has 1 rings (SSSR count). The van der Waals surface area contributed by atoms with E-state index in [9.17, 15) is 8.42 Å². The van der Waals surface area contributed by atoms with Crippen molar-refractivity contribution in [3.8, 4) is 0 Å². The normalized spacial score (nSPS) is 12.0. The average molecular weight is 269 g/mol. The highest BCUT2D eigenvalue weighted by Crippen LogP contribution is 2.22. The van der Waals surface area contributed by atoms with Crippen LogP contribution in [0.25, 0.3) is 0 Å². The van der Waals surface area contributed by atoms with Crippen LogP contribution in [0.15, 0.2) is 5.38 Å². The van der Waals surface area contributed by atoms with Gasteiger partial charge >= 0.3 is 0 Å². The molecule has 0 unspecified atom stereocenters. The van der Waals surface area contributed by atoms with Crippen molar-refractivity contribution in [2.45, 2.75) is 19.8 Å². The molecule has 1 heterocycles. The zero-order valence-corrected chi connectivity index (χ0v) is 10.9. The number of alkyl halides is 1. The summed E-state index contributed by atoms with van der Waals surface area (Å²) in [6.45, 7) is 4.01. The van der Waals surface area contributed by atoms with Gasteiger partial charge in [-0.25, -0.2) is 13.4 Å². The van der Waals surface area contributed by atoms with E-state index >= 15 is 0 Å². The summed E-state index contributed by atoms with van der Waals surface area (Å²) in [4.78, 5) is 4.16. The molecule has 0 aliphatic rings. The van der Waals surface area contributed by atoms with Crippen LogP contribution in [-0.2, 0) is 10.0 Å². The van der Waals surface area contributed by atoms with Crippen LogP contribution in [0, 0.1) is 0 Å². The maximum Gasteiger partial charge on any atom is 0.235 e. The first-order valence-electron chi connectivity index (χ1n) is 4.46. The van der Waals surface area contributed by atoms with Crippen LogP contribution >= 0.6 is 22.9 Å². The molecule has 0 bridgehead atoms. The number of nitrogens with zero attached hydrogens (tertiary/aromatic N) is 1. The first kappa shape index (κ1) is 12.7. The van der Waals surface area contributed by atoms with E-state index in [1.165, 1.54) is 11.3 Å². The van der Waals surface area contributed by atoms with Gasteiger partial charge in [-0.2, -0.15) is 0 Å². The van der Waals surface area contributed by atoms with Crippen LogP contribution < -0.4 is 4.72 Å². The molecular weight excluding hydrogens is 256 g/mol. The molecule has 4 nitrogen and oxygen atoms in total. The van der Waals surface area contributed by atoms with E-state index in [2.05, 4.69) is 9.71 Å². The third-order valence-electron chi connectivity index (χ3n) is 1.70. The number of halogens is 1. The van der Waals surface area contributed by atoms with Gasteiger partial charge in [-0.15, -0.1) is 22.9 Å². The Kier molecular flexibility index (Phi) is 4.36. The Labute approximate surface area is 98.7 Å². The van der Waals surface area contributed by atoms with Crippen LogP contribution in [0.4, 0.5) is 5.13 Å². The Morgan fingerprint density at radius 2 is 2.27 bits per heavy atom. The minimum Gasteiger partial charge on any atom is -0.259 e. The molecule has 0 aliphatic heterocycles. The molecule has 0 atom stereocenters. The lowest BCUT2D eigenvalue weighted by Gasteiger charge is -2.02. The molecule has 0 spiro atoms. The Balaban J connectivity index is 2.73. The highest BCUT2D eigenvalue weighted by atomic mass is 35.5. The summed E-state index contributed by atoms with van der Waals surface area (Å²) in [5, 5.41) is 2.26. The number of rotatable bonds is 5. The highest BCUT2D eigenvalue weighted by molar-refractivity contribution is 7.92. The molecular formula is C8H13ClN2O2S2. The number of anilines is 1. The second-order valence-corrected chi connectivity index (χ2v) is 6.42. The SMILES string of the molecule is CC(C)c1csc(NS(=O)(=O)CCCl)n1. The number of hydrogen-bond donors (Lipinski definition) is 1. The number of thiazole rings is 1. The van der Waals surface area contributed by atoms with Gasteiger partial charge in [0, 0.05) is 11.3 Å². The fourth-order valence-electron chi connectivity index (χ4n) is 0.884. The molecule has 0 radical (unpaired) electrons.